The van der Waals surface area contributed by atoms with Crippen LogP contribution in [0, 0.1) is 0 Å². The number of anilines is 1. The van der Waals surface area contributed by atoms with E-state index < -0.39 is 18.0 Å². The van der Waals surface area contributed by atoms with E-state index in [1.165, 1.54) is 12.1 Å². The van der Waals surface area contributed by atoms with Crippen LogP contribution in [0.15, 0.2) is 48.5 Å². The fraction of sp³-hybridized carbons (Fsp3) is 0.381. The van der Waals surface area contributed by atoms with E-state index in [1.807, 2.05) is 12.1 Å². The average Bonchev–Trinajstić information content (AvgIpc) is 3.19. The minimum absolute atomic E-state index is 0.00743. The molecule has 2 aromatic carbocycles. The molecule has 0 bridgehead atoms. The van der Waals surface area contributed by atoms with Crippen LogP contribution in [0.1, 0.15) is 41.7 Å². The first-order valence-electron chi connectivity index (χ1n) is 9.46. The molecule has 29 heavy (non-hydrogen) atoms. The van der Waals surface area contributed by atoms with E-state index in [0.717, 1.165) is 23.3 Å². The number of nitrogens with one attached hydrogen (secondary N) is 2. The maximum absolute atomic E-state index is 12.6. The molecule has 2 aliphatic rings. The van der Waals surface area contributed by atoms with Gasteiger partial charge in [0.25, 0.3) is 0 Å². The predicted molar refractivity (Wildman–Crippen MR) is 100 cm³/mol. The topological polar surface area (TPSA) is 59.6 Å². The van der Waals surface area contributed by atoms with Crippen LogP contribution in [-0.4, -0.2) is 25.3 Å². The second-order valence-corrected chi connectivity index (χ2v) is 7.28. The Morgan fingerprint density at radius 3 is 2.31 bits per heavy atom. The molecular formula is C21H21F3N2O3. The summed E-state index contributed by atoms with van der Waals surface area (Å²) in [6, 6.07) is 12.2. The van der Waals surface area contributed by atoms with Gasteiger partial charge in [-0.3, -0.25) is 0 Å². The molecular weight excluding hydrogens is 385 g/mol. The smallest absolute Gasteiger partial charge is 0.346 e. The summed E-state index contributed by atoms with van der Waals surface area (Å²) in [4.78, 5) is 12.2. The Labute approximate surface area is 166 Å². The maximum atomic E-state index is 12.6. The van der Waals surface area contributed by atoms with Gasteiger partial charge in [-0.25, -0.2) is 4.79 Å². The van der Waals surface area contributed by atoms with E-state index in [2.05, 4.69) is 10.6 Å². The molecule has 8 heteroatoms. The van der Waals surface area contributed by atoms with Crippen LogP contribution >= 0.6 is 0 Å². The van der Waals surface area contributed by atoms with Gasteiger partial charge in [0.05, 0.1) is 18.8 Å². The Balaban J connectivity index is 1.26. The van der Waals surface area contributed by atoms with E-state index in [0.29, 0.717) is 31.7 Å². The fourth-order valence-electron chi connectivity index (χ4n) is 3.62. The molecule has 2 fully saturated rings. The number of hydrogen-bond donors (Lipinski definition) is 2. The molecule has 0 unspecified atom stereocenters. The largest absolute Gasteiger partial charge is 0.416 e. The minimum atomic E-state index is -4.33. The number of ether oxygens (including phenoxy) is 2. The van der Waals surface area contributed by atoms with Crippen molar-refractivity contribution in [1.29, 1.82) is 0 Å². The van der Waals surface area contributed by atoms with Crippen LogP contribution in [0.3, 0.4) is 0 Å². The SMILES string of the molecule is O=C(Nc1cccc(C2OCCO2)c1)NC1CC(c2ccc(C(F)(F)F)cc2)C1. The zero-order valence-corrected chi connectivity index (χ0v) is 15.5. The van der Waals surface area contributed by atoms with Gasteiger partial charge in [-0.05, 0) is 48.6 Å². The lowest BCUT2D eigenvalue weighted by Crippen LogP contribution is -2.45. The number of amides is 2. The molecule has 4 rings (SSSR count). The first-order chi connectivity index (χ1) is 13.9. The standard InChI is InChI=1S/C21H21F3N2O3/c22-21(23,24)16-6-4-13(5-7-16)15-11-18(12-15)26-20(27)25-17-3-1-2-14(10-17)19-28-8-9-29-19/h1-7,10,15,18-19H,8-9,11-12H2,(H2,25,26,27). The Bertz CT molecular complexity index is 858. The maximum Gasteiger partial charge on any atom is 0.416 e. The van der Waals surface area contributed by atoms with Crippen LogP contribution < -0.4 is 10.6 Å². The number of halogens is 3. The minimum Gasteiger partial charge on any atom is -0.346 e. The molecule has 0 atom stereocenters. The van der Waals surface area contributed by atoms with Crippen LogP contribution in [-0.2, 0) is 15.7 Å². The highest BCUT2D eigenvalue weighted by atomic mass is 19.4. The summed E-state index contributed by atoms with van der Waals surface area (Å²) in [5.74, 6) is 0.155. The zero-order chi connectivity index (χ0) is 20.4. The van der Waals surface area contributed by atoms with Crippen LogP contribution in [0.2, 0.25) is 0 Å². The van der Waals surface area contributed by atoms with Crippen molar-refractivity contribution in [1.82, 2.24) is 5.32 Å². The molecule has 1 saturated heterocycles. The predicted octanol–water partition coefficient (Wildman–Crippen LogP) is 4.82. The van der Waals surface area contributed by atoms with E-state index in [1.54, 1.807) is 12.1 Å². The quantitative estimate of drug-likeness (QED) is 0.766. The number of carbonyl (C=O) groups excluding carboxylic acids is 1. The summed E-state index contributed by atoms with van der Waals surface area (Å²) in [5, 5.41) is 5.69. The molecule has 1 heterocycles. The van der Waals surface area contributed by atoms with Crippen molar-refractivity contribution >= 4 is 11.7 Å². The second-order valence-electron chi connectivity index (χ2n) is 7.28. The third kappa shape index (κ3) is 4.71. The molecule has 1 aliphatic heterocycles. The summed E-state index contributed by atoms with van der Waals surface area (Å²) in [5.41, 5.74) is 1.69. The van der Waals surface area contributed by atoms with Crippen molar-refractivity contribution in [3.05, 3.63) is 65.2 Å². The summed E-state index contributed by atoms with van der Waals surface area (Å²) < 4.78 is 48.8. The summed E-state index contributed by atoms with van der Waals surface area (Å²) >= 11 is 0. The zero-order valence-electron chi connectivity index (χ0n) is 15.5. The van der Waals surface area contributed by atoms with Gasteiger partial charge in [0, 0.05) is 17.3 Å². The third-order valence-electron chi connectivity index (χ3n) is 5.22. The van der Waals surface area contributed by atoms with E-state index >= 15 is 0 Å². The van der Waals surface area contributed by atoms with E-state index in [9.17, 15) is 18.0 Å². The number of urea groups is 1. The van der Waals surface area contributed by atoms with Gasteiger partial charge in [-0.2, -0.15) is 13.2 Å². The highest BCUT2D eigenvalue weighted by molar-refractivity contribution is 5.89. The van der Waals surface area contributed by atoms with Crippen molar-refractivity contribution in [2.24, 2.45) is 0 Å². The number of hydrogen-bond acceptors (Lipinski definition) is 3. The van der Waals surface area contributed by atoms with Crippen molar-refractivity contribution < 1.29 is 27.4 Å². The Hall–Kier alpha value is -2.58. The number of carbonyl (C=O) groups is 1. The van der Waals surface area contributed by atoms with Gasteiger partial charge < -0.3 is 20.1 Å². The number of benzene rings is 2. The summed E-state index contributed by atoms with van der Waals surface area (Å²) in [6.45, 7) is 1.09. The van der Waals surface area contributed by atoms with Crippen molar-refractivity contribution in [3.63, 3.8) is 0 Å². The lowest BCUT2D eigenvalue weighted by Gasteiger charge is -2.36. The lowest BCUT2D eigenvalue weighted by atomic mass is 9.76. The fourth-order valence-corrected chi connectivity index (χ4v) is 3.62. The first-order valence-corrected chi connectivity index (χ1v) is 9.46. The van der Waals surface area contributed by atoms with Crippen molar-refractivity contribution in [2.45, 2.75) is 37.3 Å². The molecule has 0 spiro atoms. The Morgan fingerprint density at radius 2 is 1.66 bits per heavy atom. The summed E-state index contributed by atoms with van der Waals surface area (Å²) in [7, 11) is 0. The molecule has 154 valence electrons. The van der Waals surface area contributed by atoms with Gasteiger partial charge in [-0.1, -0.05) is 24.3 Å². The highest BCUT2D eigenvalue weighted by Crippen LogP contribution is 2.38. The van der Waals surface area contributed by atoms with Crippen molar-refractivity contribution in [2.75, 3.05) is 18.5 Å². The molecule has 1 saturated carbocycles. The van der Waals surface area contributed by atoms with Crippen molar-refractivity contribution in [3.8, 4) is 0 Å². The van der Waals surface area contributed by atoms with Crippen LogP contribution in [0.5, 0.6) is 0 Å². The monoisotopic (exact) mass is 406 g/mol. The summed E-state index contributed by atoms with van der Waals surface area (Å²) in [6.07, 6.45) is -3.34. The molecule has 2 amide bonds. The first kappa shape index (κ1) is 19.7. The Kier molecular flexibility index (Phi) is 5.47. The molecule has 0 radical (unpaired) electrons. The highest BCUT2D eigenvalue weighted by Gasteiger charge is 2.33. The molecule has 0 aromatic heterocycles. The normalized spacial score (nSPS) is 22.2. The lowest BCUT2D eigenvalue weighted by molar-refractivity contribution is -0.137. The number of alkyl halides is 3. The van der Waals surface area contributed by atoms with Gasteiger partial charge in [0.15, 0.2) is 6.29 Å². The van der Waals surface area contributed by atoms with Crippen LogP contribution in [0.25, 0.3) is 0 Å². The van der Waals surface area contributed by atoms with Gasteiger partial charge in [0.2, 0.25) is 0 Å². The molecule has 5 nitrogen and oxygen atoms in total. The van der Waals surface area contributed by atoms with Gasteiger partial charge >= 0.3 is 12.2 Å². The molecule has 2 N–H and O–H groups in total. The van der Waals surface area contributed by atoms with E-state index in [4.69, 9.17) is 9.47 Å². The number of rotatable bonds is 4. The molecule has 1 aliphatic carbocycles. The average molecular weight is 406 g/mol. The molecule has 2 aromatic rings. The second kappa shape index (κ2) is 8.04. The van der Waals surface area contributed by atoms with Gasteiger partial charge in [-0.15, -0.1) is 0 Å². The van der Waals surface area contributed by atoms with Gasteiger partial charge in [0.1, 0.15) is 0 Å². The Morgan fingerprint density at radius 1 is 0.966 bits per heavy atom. The third-order valence-corrected chi connectivity index (χ3v) is 5.22. The van der Waals surface area contributed by atoms with E-state index in [-0.39, 0.29) is 18.0 Å². The van der Waals surface area contributed by atoms with Crippen LogP contribution in [0.4, 0.5) is 23.7 Å².